The third-order valence-electron chi connectivity index (χ3n) is 7.42. The number of fused-ring (bicyclic) bond motifs is 1. The van der Waals surface area contributed by atoms with Gasteiger partial charge in [-0.2, -0.15) is 0 Å². The van der Waals surface area contributed by atoms with Gasteiger partial charge in [-0.15, -0.1) is 0 Å². The fraction of sp³-hybridized carbons (Fsp3) is 0.452. The smallest absolute Gasteiger partial charge is 0.407 e. The van der Waals surface area contributed by atoms with E-state index in [4.69, 9.17) is 9.72 Å². The summed E-state index contributed by atoms with van der Waals surface area (Å²) in [5.41, 5.74) is 2.67. The maximum Gasteiger partial charge on any atom is 0.407 e. The second-order valence-electron chi connectivity index (χ2n) is 11.2. The number of carboxylic acid groups (broad SMARTS) is 1. The van der Waals surface area contributed by atoms with Gasteiger partial charge in [-0.3, -0.25) is 4.79 Å². The van der Waals surface area contributed by atoms with Gasteiger partial charge in [0.15, 0.2) is 0 Å². The summed E-state index contributed by atoms with van der Waals surface area (Å²) in [6.45, 7) is 9.55. The van der Waals surface area contributed by atoms with Crippen LogP contribution in [0.15, 0.2) is 54.6 Å². The summed E-state index contributed by atoms with van der Waals surface area (Å²) in [5, 5.41) is 13.6. The second kappa shape index (κ2) is 11.8. The molecule has 1 saturated carbocycles. The first-order valence-electron chi connectivity index (χ1n) is 13.6. The van der Waals surface area contributed by atoms with Crippen LogP contribution in [0.25, 0.3) is 22.2 Å². The number of pyridine rings is 1. The maximum absolute atomic E-state index is 13.4. The van der Waals surface area contributed by atoms with E-state index >= 15 is 0 Å². The molecule has 0 aliphatic heterocycles. The fourth-order valence-corrected chi connectivity index (χ4v) is 5.25. The van der Waals surface area contributed by atoms with Crippen molar-refractivity contribution < 1.29 is 19.4 Å². The molecule has 7 nitrogen and oxygen atoms in total. The maximum atomic E-state index is 13.4. The molecule has 202 valence electrons. The van der Waals surface area contributed by atoms with Crippen LogP contribution >= 0.6 is 0 Å². The number of nitrogens with one attached hydrogen (secondary N) is 1. The zero-order valence-electron chi connectivity index (χ0n) is 22.9. The molecule has 0 saturated heterocycles. The lowest BCUT2D eigenvalue weighted by molar-refractivity contribution is 0.0786. The van der Waals surface area contributed by atoms with E-state index in [1.165, 1.54) is 0 Å². The molecular weight excluding hydrogens is 478 g/mol. The number of nitrogens with zero attached hydrogens (tertiary/aromatic N) is 2. The molecule has 2 amide bonds. The predicted molar refractivity (Wildman–Crippen MR) is 151 cm³/mol. The largest absolute Gasteiger partial charge is 0.494 e. The number of rotatable bonds is 8. The van der Waals surface area contributed by atoms with Gasteiger partial charge in [0.05, 0.1) is 23.4 Å². The molecule has 1 heterocycles. The molecule has 0 atom stereocenters. The molecule has 0 bridgehead atoms. The molecule has 1 aliphatic carbocycles. The van der Waals surface area contributed by atoms with E-state index in [0.717, 1.165) is 53.6 Å². The highest BCUT2D eigenvalue weighted by atomic mass is 16.5. The molecule has 0 spiro atoms. The average molecular weight is 518 g/mol. The standard InChI is InChI=1S/C31H39N3O4/c1-5-38-24-16-14-23(15-17-24)28-18-26(25-8-6-7-9-27(25)33-28)29(35)32-19-21-10-12-22(13-11-21)20-34(30(36)37)31(2,3)4/h6-9,14-18,21-22H,5,10-13,19-20H2,1-4H3,(H,32,35)(H,36,37). The average Bonchev–Trinajstić information content (AvgIpc) is 2.90. The third kappa shape index (κ3) is 6.63. The third-order valence-corrected chi connectivity index (χ3v) is 7.42. The topological polar surface area (TPSA) is 91.8 Å². The number of hydrogen-bond donors (Lipinski definition) is 2. The number of amides is 2. The Morgan fingerprint density at radius 2 is 1.68 bits per heavy atom. The first kappa shape index (κ1) is 27.4. The van der Waals surface area contributed by atoms with Gasteiger partial charge in [0.1, 0.15) is 5.75 Å². The Balaban J connectivity index is 1.41. The molecule has 1 aromatic heterocycles. The lowest BCUT2D eigenvalue weighted by Gasteiger charge is -2.38. The Morgan fingerprint density at radius 1 is 1.03 bits per heavy atom. The van der Waals surface area contributed by atoms with Crippen LogP contribution < -0.4 is 10.1 Å². The van der Waals surface area contributed by atoms with Gasteiger partial charge in [0, 0.05) is 29.6 Å². The molecular formula is C31H39N3O4. The Labute approximate surface area is 225 Å². The molecule has 1 aliphatic rings. The van der Waals surface area contributed by atoms with Crippen molar-refractivity contribution in [2.45, 2.75) is 58.9 Å². The number of benzene rings is 2. The van der Waals surface area contributed by atoms with Gasteiger partial charge in [0.2, 0.25) is 0 Å². The van der Waals surface area contributed by atoms with Gasteiger partial charge in [0.25, 0.3) is 5.91 Å². The number of ether oxygens (including phenoxy) is 1. The molecule has 0 unspecified atom stereocenters. The Bertz CT molecular complexity index is 1260. The van der Waals surface area contributed by atoms with E-state index in [-0.39, 0.29) is 5.91 Å². The Morgan fingerprint density at radius 3 is 2.32 bits per heavy atom. The minimum atomic E-state index is -0.860. The Hall–Kier alpha value is -3.61. The molecule has 0 radical (unpaired) electrons. The molecule has 38 heavy (non-hydrogen) atoms. The van der Waals surface area contributed by atoms with Crippen molar-refractivity contribution in [3.05, 3.63) is 60.2 Å². The predicted octanol–water partition coefficient (Wildman–Crippen LogP) is 6.62. The van der Waals surface area contributed by atoms with Crippen molar-refractivity contribution in [1.29, 1.82) is 0 Å². The molecule has 3 aromatic rings. The van der Waals surface area contributed by atoms with E-state index in [0.29, 0.717) is 37.1 Å². The van der Waals surface area contributed by atoms with Gasteiger partial charge in [-0.25, -0.2) is 9.78 Å². The summed E-state index contributed by atoms with van der Waals surface area (Å²) in [6.07, 6.45) is 3.05. The number of hydrogen-bond acceptors (Lipinski definition) is 4. The summed E-state index contributed by atoms with van der Waals surface area (Å²) < 4.78 is 5.56. The quantitative estimate of drug-likeness (QED) is 0.351. The molecule has 2 aromatic carbocycles. The summed E-state index contributed by atoms with van der Waals surface area (Å²) >= 11 is 0. The summed E-state index contributed by atoms with van der Waals surface area (Å²) in [7, 11) is 0. The van der Waals surface area contributed by atoms with Crippen LogP contribution in [0, 0.1) is 11.8 Å². The molecule has 4 rings (SSSR count). The van der Waals surface area contributed by atoms with Crippen molar-refractivity contribution in [3.8, 4) is 17.0 Å². The van der Waals surface area contributed by atoms with Gasteiger partial charge in [-0.1, -0.05) is 18.2 Å². The van der Waals surface area contributed by atoms with Crippen molar-refractivity contribution in [3.63, 3.8) is 0 Å². The van der Waals surface area contributed by atoms with Crippen molar-refractivity contribution in [1.82, 2.24) is 15.2 Å². The van der Waals surface area contributed by atoms with E-state index in [1.54, 1.807) is 4.90 Å². The second-order valence-corrected chi connectivity index (χ2v) is 11.2. The van der Waals surface area contributed by atoms with Crippen LogP contribution in [0.5, 0.6) is 5.75 Å². The summed E-state index contributed by atoms with van der Waals surface area (Å²) in [5.74, 6) is 1.46. The minimum absolute atomic E-state index is 0.0947. The monoisotopic (exact) mass is 517 g/mol. The van der Waals surface area contributed by atoms with Gasteiger partial charge in [-0.05, 0) is 102 Å². The molecule has 7 heteroatoms. The highest BCUT2D eigenvalue weighted by Crippen LogP contribution is 2.31. The zero-order chi connectivity index (χ0) is 27.3. The number of carbonyl (C=O) groups excluding carboxylic acids is 1. The highest BCUT2D eigenvalue weighted by molar-refractivity contribution is 6.07. The normalized spacial score (nSPS) is 17.7. The lowest BCUT2D eigenvalue weighted by Crippen LogP contribution is -2.47. The fourth-order valence-electron chi connectivity index (χ4n) is 5.25. The van der Waals surface area contributed by atoms with Crippen molar-refractivity contribution >= 4 is 22.9 Å². The minimum Gasteiger partial charge on any atom is -0.494 e. The van der Waals surface area contributed by atoms with Crippen LogP contribution in [-0.2, 0) is 0 Å². The van der Waals surface area contributed by atoms with Crippen LogP contribution in [0.2, 0.25) is 0 Å². The van der Waals surface area contributed by atoms with Crippen molar-refractivity contribution in [2.75, 3.05) is 19.7 Å². The van der Waals surface area contributed by atoms with Crippen LogP contribution in [0.1, 0.15) is 63.7 Å². The first-order valence-corrected chi connectivity index (χ1v) is 13.6. The molecule has 1 fully saturated rings. The SMILES string of the molecule is CCOc1ccc(-c2cc(C(=O)NCC3CCC(CN(C(=O)O)C(C)(C)C)CC3)c3ccccc3n2)cc1. The highest BCUT2D eigenvalue weighted by Gasteiger charge is 2.31. The van der Waals surface area contributed by atoms with Crippen LogP contribution in [-0.4, -0.2) is 52.2 Å². The van der Waals surface area contributed by atoms with Gasteiger partial charge < -0.3 is 20.1 Å². The number of para-hydroxylation sites is 1. The van der Waals surface area contributed by atoms with Gasteiger partial charge >= 0.3 is 6.09 Å². The van der Waals surface area contributed by atoms with E-state index in [2.05, 4.69) is 5.32 Å². The number of carbonyl (C=O) groups is 2. The lowest BCUT2D eigenvalue weighted by atomic mass is 9.81. The summed E-state index contributed by atoms with van der Waals surface area (Å²) in [4.78, 5) is 31.5. The van der Waals surface area contributed by atoms with Crippen LogP contribution in [0.4, 0.5) is 4.79 Å². The molecule has 2 N–H and O–H groups in total. The van der Waals surface area contributed by atoms with Crippen molar-refractivity contribution in [2.24, 2.45) is 11.8 Å². The van der Waals surface area contributed by atoms with E-state index in [1.807, 2.05) is 82.3 Å². The first-order chi connectivity index (χ1) is 18.2. The summed E-state index contributed by atoms with van der Waals surface area (Å²) in [6, 6.07) is 17.4. The van der Waals surface area contributed by atoms with E-state index < -0.39 is 11.6 Å². The van der Waals surface area contributed by atoms with E-state index in [9.17, 15) is 14.7 Å². The number of aromatic nitrogens is 1. The zero-order valence-corrected chi connectivity index (χ0v) is 22.9. The Kier molecular flexibility index (Phi) is 8.55. The van der Waals surface area contributed by atoms with Crippen LogP contribution in [0.3, 0.4) is 0 Å².